The third-order valence-corrected chi connectivity index (χ3v) is 5.64. The molecule has 0 aliphatic heterocycles. The molecule has 0 amide bonds. The molecule has 0 saturated heterocycles. The van der Waals surface area contributed by atoms with Crippen molar-refractivity contribution in [2.45, 2.75) is 32.8 Å². The molecule has 176 valence electrons. The molecule has 0 fully saturated rings. The molecule has 3 rings (SSSR count). The molecular weight excluding hydrogens is 457 g/mol. The van der Waals surface area contributed by atoms with E-state index in [1.807, 2.05) is 18.2 Å². The lowest BCUT2D eigenvalue weighted by Gasteiger charge is -2.14. The summed E-state index contributed by atoms with van der Waals surface area (Å²) in [5, 5.41) is 23.5. The Morgan fingerprint density at radius 1 is 1.03 bits per heavy atom. The number of aliphatic hydroxyl groups excluding tert-OH is 1. The summed E-state index contributed by atoms with van der Waals surface area (Å²) in [6.45, 7) is 5.49. The highest BCUT2D eigenvalue weighted by Crippen LogP contribution is 2.27. The summed E-state index contributed by atoms with van der Waals surface area (Å²) in [4.78, 5) is 11.4. The highest BCUT2D eigenvalue weighted by Gasteiger charge is 2.12. The number of rotatable bonds is 10. The van der Waals surface area contributed by atoms with E-state index in [2.05, 4.69) is 43.4 Å². The van der Waals surface area contributed by atoms with Gasteiger partial charge in [-0.2, -0.15) is 0 Å². The van der Waals surface area contributed by atoms with E-state index >= 15 is 0 Å². The summed E-state index contributed by atoms with van der Waals surface area (Å²) < 4.78 is 0. The molecule has 0 aliphatic carbocycles. The molecule has 0 aromatic heterocycles. The Labute approximate surface area is 207 Å². The van der Waals surface area contributed by atoms with Crippen molar-refractivity contribution in [2.75, 3.05) is 13.1 Å². The van der Waals surface area contributed by atoms with Crippen LogP contribution in [0.3, 0.4) is 0 Å². The van der Waals surface area contributed by atoms with E-state index in [1.165, 1.54) is 5.56 Å². The van der Waals surface area contributed by atoms with Crippen LogP contribution in [-0.4, -0.2) is 29.3 Å². The minimum atomic E-state index is -0.898. The lowest BCUT2D eigenvalue weighted by Crippen LogP contribution is -2.23. The average Bonchev–Trinajstić information content (AvgIpc) is 2.76. The van der Waals surface area contributed by atoms with Gasteiger partial charge in [-0.15, -0.1) is 12.4 Å². The highest BCUT2D eigenvalue weighted by atomic mass is 35.5. The van der Waals surface area contributed by atoms with E-state index in [-0.39, 0.29) is 12.4 Å². The fourth-order valence-corrected chi connectivity index (χ4v) is 3.97. The van der Waals surface area contributed by atoms with Crippen LogP contribution in [0.2, 0.25) is 5.02 Å². The van der Waals surface area contributed by atoms with Crippen LogP contribution in [0.1, 0.15) is 47.0 Å². The molecule has 4 nitrogen and oxygen atoms in total. The molecule has 0 aliphatic rings. The zero-order valence-corrected chi connectivity index (χ0v) is 20.5. The molecule has 33 heavy (non-hydrogen) atoms. The molecule has 3 N–H and O–H groups in total. The van der Waals surface area contributed by atoms with E-state index in [9.17, 15) is 15.0 Å². The summed E-state index contributed by atoms with van der Waals surface area (Å²) in [7, 11) is 0. The van der Waals surface area contributed by atoms with Gasteiger partial charge in [0.2, 0.25) is 0 Å². The number of hydrogen-bond donors (Lipinski definition) is 3. The van der Waals surface area contributed by atoms with E-state index in [0.29, 0.717) is 23.0 Å². The van der Waals surface area contributed by atoms with Crippen molar-refractivity contribution in [1.29, 1.82) is 0 Å². The zero-order chi connectivity index (χ0) is 23.1. The summed E-state index contributed by atoms with van der Waals surface area (Å²) >= 11 is 5.99. The lowest BCUT2D eigenvalue weighted by molar-refractivity contribution is 0.0696. The predicted octanol–water partition coefficient (Wildman–Crippen LogP) is 6.19. The molecule has 0 spiro atoms. The van der Waals surface area contributed by atoms with Gasteiger partial charge in [-0.1, -0.05) is 67.9 Å². The van der Waals surface area contributed by atoms with Crippen LogP contribution in [0, 0.1) is 5.92 Å². The smallest absolute Gasteiger partial charge is 0.335 e. The number of halogens is 2. The van der Waals surface area contributed by atoms with Gasteiger partial charge in [-0.05, 0) is 77.4 Å². The molecule has 0 unspecified atom stereocenters. The Kier molecular flexibility index (Phi) is 10.4. The Morgan fingerprint density at radius 2 is 1.76 bits per heavy atom. The maximum Gasteiger partial charge on any atom is 0.335 e. The van der Waals surface area contributed by atoms with Crippen molar-refractivity contribution in [3.05, 3.63) is 94.0 Å². The van der Waals surface area contributed by atoms with Gasteiger partial charge < -0.3 is 15.5 Å². The van der Waals surface area contributed by atoms with Crippen LogP contribution < -0.4 is 5.32 Å². The summed E-state index contributed by atoms with van der Waals surface area (Å²) in [5.74, 6) is -0.463. The van der Waals surface area contributed by atoms with Crippen molar-refractivity contribution in [3.8, 4) is 11.1 Å². The van der Waals surface area contributed by atoms with Gasteiger partial charge in [0, 0.05) is 11.6 Å². The van der Waals surface area contributed by atoms with Crippen LogP contribution in [-0.2, 0) is 12.8 Å². The van der Waals surface area contributed by atoms with Gasteiger partial charge >= 0.3 is 5.97 Å². The highest BCUT2D eigenvalue weighted by molar-refractivity contribution is 6.30. The predicted molar refractivity (Wildman–Crippen MR) is 138 cm³/mol. The number of hydrogen-bond acceptors (Lipinski definition) is 3. The zero-order valence-electron chi connectivity index (χ0n) is 18.9. The Hall–Kier alpha value is -2.37. The molecular formula is C27H31Cl2NO3. The summed E-state index contributed by atoms with van der Waals surface area (Å²) in [6.07, 6.45) is 1.08. The van der Waals surface area contributed by atoms with Crippen LogP contribution in [0.15, 0.2) is 66.7 Å². The molecule has 0 saturated carbocycles. The lowest BCUT2D eigenvalue weighted by atomic mass is 9.91. The first-order valence-electron chi connectivity index (χ1n) is 10.9. The second-order valence-corrected chi connectivity index (χ2v) is 8.93. The number of carboxylic acid groups (broad SMARTS) is 1. The quantitative estimate of drug-likeness (QED) is 0.298. The molecule has 3 aromatic carbocycles. The summed E-state index contributed by atoms with van der Waals surface area (Å²) in [5.41, 5.74) is 5.56. The largest absolute Gasteiger partial charge is 0.478 e. The van der Waals surface area contributed by atoms with E-state index in [4.69, 9.17) is 11.6 Å². The molecule has 0 radical (unpaired) electrons. The van der Waals surface area contributed by atoms with Crippen LogP contribution in [0.5, 0.6) is 0 Å². The third kappa shape index (κ3) is 7.86. The fraction of sp³-hybridized carbons (Fsp3) is 0.296. The molecule has 1 atom stereocenters. The van der Waals surface area contributed by atoms with Gasteiger partial charge in [0.15, 0.2) is 0 Å². The minimum absolute atomic E-state index is 0. The standard InChI is InChI=1S/C27H30ClNO3.ClH/c1-18(2)14-23-15-22(27(31)32)10-11-25(23)20-8-6-19(7-9-20)12-13-29-17-26(30)21-4-3-5-24(28)16-21;/h3-11,15-16,18,26,29-30H,12-14,17H2,1-2H3,(H,31,32);1H/t26-;/m0./s1. The number of aliphatic hydroxyl groups is 1. The van der Waals surface area contributed by atoms with Gasteiger partial charge in [-0.25, -0.2) is 4.79 Å². The van der Waals surface area contributed by atoms with Gasteiger partial charge in [0.05, 0.1) is 11.7 Å². The topological polar surface area (TPSA) is 69.6 Å². The Balaban J connectivity index is 0.00000385. The minimum Gasteiger partial charge on any atom is -0.478 e. The van der Waals surface area contributed by atoms with Crippen molar-refractivity contribution >= 4 is 30.0 Å². The Morgan fingerprint density at radius 3 is 2.39 bits per heavy atom. The van der Waals surface area contributed by atoms with Gasteiger partial charge in [0.25, 0.3) is 0 Å². The maximum atomic E-state index is 11.4. The SMILES string of the molecule is CC(C)Cc1cc(C(=O)O)ccc1-c1ccc(CCNC[C@H](O)c2cccc(Cl)c2)cc1.Cl. The number of nitrogens with one attached hydrogen (secondary N) is 1. The molecule has 0 heterocycles. The first kappa shape index (κ1) is 26.9. The summed E-state index contributed by atoms with van der Waals surface area (Å²) in [6, 6.07) is 21.1. The van der Waals surface area contributed by atoms with Crippen molar-refractivity contribution in [2.24, 2.45) is 5.92 Å². The van der Waals surface area contributed by atoms with Crippen molar-refractivity contribution in [1.82, 2.24) is 5.32 Å². The van der Waals surface area contributed by atoms with Crippen molar-refractivity contribution < 1.29 is 15.0 Å². The number of aromatic carboxylic acids is 1. The average molecular weight is 488 g/mol. The molecule has 0 bridgehead atoms. The number of carbonyl (C=O) groups is 1. The van der Waals surface area contributed by atoms with Crippen LogP contribution in [0.4, 0.5) is 0 Å². The third-order valence-electron chi connectivity index (χ3n) is 5.41. The number of benzene rings is 3. The monoisotopic (exact) mass is 487 g/mol. The van der Waals surface area contributed by atoms with E-state index in [0.717, 1.165) is 41.6 Å². The fourth-order valence-electron chi connectivity index (χ4n) is 3.77. The van der Waals surface area contributed by atoms with Crippen molar-refractivity contribution in [3.63, 3.8) is 0 Å². The van der Waals surface area contributed by atoms with Crippen LogP contribution in [0.25, 0.3) is 11.1 Å². The van der Waals surface area contributed by atoms with Crippen LogP contribution >= 0.6 is 24.0 Å². The number of carboxylic acids is 1. The van der Waals surface area contributed by atoms with Gasteiger partial charge in [0.1, 0.15) is 0 Å². The second-order valence-electron chi connectivity index (χ2n) is 8.50. The maximum absolute atomic E-state index is 11.4. The van der Waals surface area contributed by atoms with Gasteiger partial charge in [-0.3, -0.25) is 0 Å². The first-order valence-corrected chi connectivity index (χ1v) is 11.3. The molecule has 6 heteroatoms. The Bertz CT molecular complexity index is 1050. The van der Waals surface area contributed by atoms with E-state index < -0.39 is 12.1 Å². The molecule has 3 aromatic rings. The first-order chi connectivity index (χ1) is 15.3. The normalized spacial score (nSPS) is 11.8. The second kappa shape index (κ2) is 12.8. The van der Waals surface area contributed by atoms with E-state index in [1.54, 1.807) is 24.3 Å².